The summed E-state index contributed by atoms with van der Waals surface area (Å²) in [4.78, 5) is 18.2. The second-order valence-electron chi connectivity index (χ2n) is 5.78. The minimum Gasteiger partial charge on any atom is -0.478 e. The molecule has 2 rings (SSSR count). The molecule has 1 atom stereocenters. The highest BCUT2D eigenvalue weighted by Crippen LogP contribution is 2.22. The quantitative estimate of drug-likeness (QED) is 0.916. The number of nitrogens with zero attached hydrogens (tertiary/aromatic N) is 2. The van der Waals surface area contributed by atoms with Gasteiger partial charge in [0.15, 0.2) is 0 Å². The van der Waals surface area contributed by atoms with E-state index in [0.717, 1.165) is 56.2 Å². The summed E-state index contributed by atoms with van der Waals surface area (Å²) in [6.45, 7) is 6.32. The van der Waals surface area contributed by atoms with Crippen LogP contribution in [0.3, 0.4) is 0 Å². The van der Waals surface area contributed by atoms with Crippen molar-refractivity contribution in [3.05, 3.63) is 23.4 Å². The molecule has 0 aliphatic carbocycles. The molecule has 0 saturated carbocycles. The van der Waals surface area contributed by atoms with Crippen molar-refractivity contribution in [2.45, 2.75) is 46.0 Å². The molecule has 0 amide bonds. The van der Waals surface area contributed by atoms with Crippen LogP contribution in [0, 0.1) is 5.92 Å². The fourth-order valence-electron chi connectivity index (χ4n) is 2.73. The minimum atomic E-state index is -0.866. The van der Waals surface area contributed by atoms with Crippen LogP contribution in [0.4, 0.5) is 5.82 Å². The van der Waals surface area contributed by atoms with Crippen molar-refractivity contribution >= 4 is 11.8 Å². The number of hydrogen-bond acceptors (Lipinski definition) is 3. The van der Waals surface area contributed by atoms with Crippen LogP contribution in [0.5, 0.6) is 0 Å². The Morgan fingerprint density at radius 3 is 2.90 bits per heavy atom. The van der Waals surface area contributed by atoms with E-state index in [2.05, 4.69) is 23.7 Å². The summed E-state index contributed by atoms with van der Waals surface area (Å²) in [7, 11) is 0. The van der Waals surface area contributed by atoms with Crippen molar-refractivity contribution < 1.29 is 9.90 Å². The minimum absolute atomic E-state index is 0.357. The van der Waals surface area contributed by atoms with E-state index in [0.29, 0.717) is 5.56 Å². The molecule has 4 heteroatoms. The first-order valence-corrected chi connectivity index (χ1v) is 7.59. The Kier molecular flexibility index (Phi) is 4.99. The SMILES string of the molecule is CCCc1cc(C(=O)O)cc(N2CCCC(C)CC2)n1. The molecule has 1 saturated heterocycles. The van der Waals surface area contributed by atoms with Gasteiger partial charge in [-0.25, -0.2) is 9.78 Å². The lowest BCUT2D eigenvalue weighted by Gasteiger charge is -2.22. The first-order valence-electron chi connectivity index (χ1n) is 7.59. The van der Waals surface area contributed by atoms with E-state index in [1.807, 2.05) is 0 Å². The maximum absolute atomic E-state index is 11.3. The lowest BCUT2D eigenvalue weighted by molar-refractivity contribution is 0.0696. The average molecular weight is 276 g/mol. The Bertz CT molecular complexity index is 474. The van der Waals surface area contributed by atoms with E-state index in [4.69, 9.17) is 0 Å². The number of carbonyl (C=O) groups is 1. The van der Waals surface area contributed by atoms with Gasteiger partial charge in [-0.2, -0.15) is 0 Å². The molecule has 4 nitrogen and oxygen atoms in total. The lowest BCUT2D eigenvalue weighted by Crippen LogP contribution is -2.26. The van der Waals surface area contributed by atoms with Crippen LogP contribution < -0.4 is 4.90 Å². The summed E-state index contributed by atoms with van der Waals surface area (Å²) < 4.78 is 0. The fourth-order valence-corrected chi connectivity index (χ4v) is 2.73. The molecule has 2 heterocycles. The normalized spacial score (nSPS) is 19.7. The number of hydrogen-bond donors (Lipinski definition) is 1. The van der Waals surface area contributed by atoms with Crippen molar-refractivity contribution in [3.8, 4) is 0 Å². The number of pyridine rings is 1. The number of carboxylic acid groups (broad SMARTS) is 1. The van der Waals surface area contributed by atoms with E-state index < -0.39 is 5.97 Å². The third kappa shape index (κ3) is 3.71. The molecule has 1 aromatic heterocycles. The summed E-state index contributed by atoms with van der Waals surface area (Å²) in [5.41, 5.74) is 1.25. The van der Waals surface area contributed by atoms with Crippen LogP contribution in [-0.4, -0.2) is 29.1 Å². The standard InChI is InChI=1S/C16H24N2O2/c1-3-5-14-10-13(16(19)20)11-15(17-14)18-8-4-6-12(2)7-9-18/h10-12H,3-9H2,1-2H3,(H,19,20). The number of aromatic carboxylic acids is 1. The average Bonchev–Trinajstić information content (AvgIpc) is 2.63. The molecule has 0 radical (unpaired) electrons. The molecule has 1 fully saturated rings. The van der Waals surface area contributed by atoms with Gasteiger partial charge in [-0.05, 0) is 43.7 Å². The molecule has 0 spiro atoms. The Labute approximate surface area is 120 Å². The van der Waals surface area contributed by atoms with E-state index >= 15 is 0 Å². The Balaban J connectivity index is 2.26. The molecule has 1 aromatic rings. The van der Waals surface area contributed by atoms with Gasteiger partial charge in [0, 0.05) is 18.8 Å². The number of aromatic nitrogens is 1. The fraction of sp³-hybridized carbons (Fsp3) is 0.625. The molecule has 0 bridgehead atoms. The number of anilines is 1. The number of rotatable bonds is 4. The second-order valence-corrected chi connectivity index (χ2v) is 5.78. The van der Waals surface area contributed by atoms with Crippen molar-refractivity contribution in [1.82, 2.24) is 4.98 Å². The van der Waals surface area contributed by atoms with Crippen molar-refractivity contribution in [2.24, 2.45) is 5.92 Å². The third-order valence-electron chi connectivity index (χ3n) is 3.96. The van der Waals surface area contributed by atoms with Gasteiger partial charge in [-0.1, -0.05) is 20.3 Å². The first kappa shape index (κ1) is 14.8. The van der Waals surface area contributed by atoms with Crippen LogP contribution in [0.2, 0.25) is 0 Å². The van der Waals surface area contributed by atoms with E-state index in [1.54, 1.807) is 12.1 Å². The van der Waals surface area contributed by atoms with Gasteiger partial charge in [0.25, 0.3) is 0 Å². The van der Waals surface area contributed by atoms with Crippen LogP contribution in [-0.2, 0) is 6.42 Å². The van der Waals surface area contributed by atoms with Crippen LogP contribution in [0.1, 0.15) is 55.6 Å². The van der Waals surface area contributed by atoms with E-state index in [9.17, 15) is 9.90 Å². The number of carboxylic acids is 1. The molecule has 1 aliphatic heterocycles. The monoisotopic (exact) mass is 276 g/mol. The predicted octanol–water partition coefficient (Wildman–Crippen LogP) is 3.36. The molecule has 110 valence electrons. The van der Waals surface area contributed by atoms with Crippen LogP contribution >= 0.6 is 0 Å². The molecule has 1 aliphatic rings. The highest BCUT2D eigenvalue weighted by Gasteiger charge is 2.17. The maximum atomic E-state index is 11.3. The summed E-state index contributed by atoms with van der Waals surface area (Å²) in [5, 5.41) is 9.25. The van der Waals surface area contributed by atoms with Gasteiger partial charge in [-0.3, -0.25) is 0 Å². The van der Waals surface area contributed by atoms with Crippen molar-refractivity contribution in [1.29, 1.82) is 0 Å². The van der Waals surface area contributed by atoms with Crippen molar-refractivity contribution in [3.63, 3.8) is 0 Å². The Morgan fingerprint density at radius 2 is 2.20 bits per heavy atom. The highest BCUT2D eigenvalue weighted by atomic mass is 16.4. The van der Waals surface area contributed by atoms with Gasteiger partial charge in [-0.15, -0.1) is 0 Å². The zero-order chi connectivity index (χ0) is 14.5. The van der Waals surface area contributed by atoms with Gasteiger partial charge in [0.1, 0.15) is 5.82 Å². The Morgan fingerprint density at radius 1 is 1.40 bits per heavy atom. The smallest absolute Gasteiger partial charge is 0.335 e. The zero-order valence-corrected chi connectivity index (χ0v) is 12.4. The summed E-state index contributed by atoms with van der Waals surface area (Å²) in [6, 6.07) is 3.42. The Hall–Kier alpha value is -1.58. The summed E-state index contributed by atoms with van der Waals surface area (Å²) in [6.07, 6.45) is 5.37. The summed E-state index contributed by atoms with van der Waals surface area (Å²) >= 11 is 0. The van der Waals surface area contributed by atoms with Gasteiger partial charge in [0.05, 0.1) is 5.56 Å². The second kappa shape index (κ2) is 6.73. The van der Waals surface area contributed by atoms with Gasteiger partial charge < -0.3 is 10.0 Å². The highest BCUT2D eigenvalue weighted by molar-refractivity contribution is 5.88. The molecule has 20 heavy (non-hydrogen) atoms. The van der Waals surface area contributed by atoms with Gasteiger partial charge >= 0.3 is 5.97 Å². The molecule has 0 aromatic carbocycles. The molecule has 1 unspecified atom stereocenters. The molecule has 1 N–H and O–H groups in total. The van der Waals surface area contributed by atoms with Crippen molar-refractivity contribution in [2.75, 3.05) is 18.0 Å². The topological polar surface area (TPSA) is 53.4 Å². The zero-order valence-electron chi connectivity index (χ0n) is 12.4. The molecular formula is C16H24N2O2. The summed E-state index contributed by atoms with van der Waals surface area (Å²) in [5.74, 6) is 0.717. The van der Waals surface area contributed by atoms with Gasteiger partial charge in [0.2, 0.25) is 0 Å². The largest absolute Gasteiger partial charge is 0.478 e. The van der Waals surface area contributed by atoms with Crippen LogP contribution in [0.15, 0.2) is 12.1 Å². The van der Waals surface area contributed by atoms with Crippen LogP contribution in [0.25, 0.3) is 0 Å². The molecular weight excluding hydrogens is 252 g/mol. The predicted molar refractivity (Wildman–Crippen MR) is 80.4 cm³/mol. The van der Waals surface area contributed by atoms with E-state index in [1.165, 1.54) is 6.42 Å². The van der Waals surface area contributed by atoms with E-state index in [-0.39, 0.29) is 0 Å². The lowest BCUT2D eigenvalue weighted by atomic mass is 10.0. The maximum Gasteiger partial charge on any atom is 0.335 e. The number of aryl methyl sites for hydroxylation is 1. The third-order valence-corrected chi connectivity index (χ3v) is 3.96. The first-order chi connectivity index (χ1) is 9.60.